The summed E-state index contributed by atoms with van der Waals surface area (Å²) in [5.41, 5.74) is 3.38. The summed E-state index contributed by atoms with van der Waals surface area (Å²) < 4.78 is 5.53. The minimum absolute atomic E-state index is 0.521. The quantitative estimate of drug-likeness (QED) is 0.734. The van der Waals surface area contributed by atoms with E-state index in [4.69, 9.17) is 4.43 Å². The van der Waals surface area contributed by atoms with Crippen molar-refractivity contribution in [2.75, 3.05) is 7.11 Å². The second-order valence-electron chi connectivity index (χ2n) is 6.78. The van der Waals surface area contributed by atoms with Crippen LogP contribution in [0.15, 0.2) is 18.2 Å². The van der Waals surface area contributed by atoms with Gasteiger partial charge in [0.1, 0.15) is 0 Å². The van der Waals surface area contributed by atoms with Gasteiger partial charge in [0.2, 0.25) is 0 Å². The third kappa shape index (κ3) is 3.60. The second-order valence-corrected chi connectivity index (χ2v) is 7.94. The normalized spacial score (nSPS) is 21.6. The Morgan fingerprint density at radius 2 is 1.48 bits per heavy atom. The van der Waals surface area contributed by atoms with Gasteiger partial charge in [0.15, 0.2) is 0 Å². The fourth-order valence-corrected chi connectivity index (χ4v) is 5.24. The zero-order chi connectivity index (χ0) is 14.5. The minimum Gasteiger partial charge on any atom is -0.415 e. The first-order valence-electron chi connectivity index (χ1n) is 8.82. The molecule has 2 aliphatic rings. The van der Waals surface area contributed by atoms with Crippen LogP contribution >= 0.6 is 0 Å². The van der Waals surface area contributed by atoms with Crippen molar-refractivity contribution in [3.63, 3.8) is 0 Å². The van der Waals surface area contributed by atoms with Crippen LogP contribution in [0.4, 0.5) is 0 Å². The lowest BCUT2D eigenvalue weighted by atomic mass is 9.76. The standard InChI is InChI=1S/C19H28OSi/c1-20-21-18-14-8-13-17(15-9-4-2-5-10-15)19(18)16-11-6-3-7-12-16/h8,13-16H,2-7,9-12H2,1H3. The first-order chi connectivity index (χ1) is 10.4. The molecule has 0 atom stereocenters. The van der Waals surface area contributed by atoms with Crippen molar-refractivity contribution in [2.24, 2.45) is 0 Å². The van der Waals surface area contributed by atoms with Crippen LogP contribution in [0.5, 0.6) is 0 Å². The molecule has 0 aliphatic heterocycles. The Hall–Kier alpha value is -0.603. The van der Waals surface area contributed by atoms with Crippen molar-refractivity contribution in [3.8, 4) is 0 Å². The maximum atomic E-state index is 5.53. The Morgan fingerprint density at radius 1 is 0.857 bits per heavy atom. The molecule has 2 saturated carbocycles. The van der Waals surface area contributed by atoms with Crippen LogP contribution in [-0.2, 0) is 4.43 Å². The average molecular weight is 301 g/mol. The molecular weight excluding hydrogens is 272 g/mol. The molecule has 21 heavy (non-hydrogen) atoms. The monoisotopic (exact) mass is 300 g/mol. The zero-order valence-electron chi connectivity index (χ0n) is 13.4. The molecule has 2 aliphatic carbocycles. The minimum atomic E-state index is 0.521. The van der Waals surface area contributed by atoms with Crippen LogP contribution in [0.1, 0.15) is 87.2 Å². The van der Waals surface area contributed by atoms with E-state index in [0.717, 1.165) is 11.8 Å². The van der Waals surface area contributed by atoms with Crippen LogP contribution in [0.2, 0.25) is 0 Å². The highest BCUT2D eigenvalue weighted by Gasteiger charge is 2.26. The fraction of sp³-hybridized carbons (Fsp3) is 0.684. The molecule has 0 bridgehead atoms. The molecule has 1 aromatic rings. The molecule has 1 aromatic carbocycles. The molecule has 0 saturated heterocycles. The van der Waals surface area contributed by atoms with Gasteiger partial charge in [-0.15, -0.1) is 0 Å². The average Bonchev–Trinajstić information content (AvgIpc) is 2.56. The van der Waals surface area contributed by atoms with Gasteiger partial charge in [-0.05, 0) is 53.8 Å². The summed E-state index contributed by atoms with van der Waals surface area (Å²) in [6.07, 6.45) is 14.1. The Kier molecular flexibility index (Phi) is 5.53. The molecule has 0 amide bonds. The summed E-state index contributed by atoms with van der Waals surface area (Å²) in [5, 5.41) is 1.49. The summed E-state index contributed by atoms with van der Waals surface area (Å²) in [6, 6.07) is 7.03. The van der Waals surface area contributed by atoms with Gasteiger partial charge in [-0.1, -0.05) is 56.7 Å². The smallest absolute Gasteiger partial charge is 0.268 e. The topological polar surface area (TPSA) is 9.23 Å². The molecule has 2 heteroatoms. The van der Waals surface area contributed by atoms with Crippen LogP contribution in [0.3, 0.4) is 0 Å². The van der Waals surface area contributed by atoms with Crippen molar-refractivity contribution < 1.29 is 4.43 Å². The largest absolute Gasteiger partial charge is 0.415 e. The predicted octanol–water partition coefficient (Wildman–Crippen LogP) is 4.67. The molecular formula is C19H28OSi. The molecule has 0 spiro atoms. The molecule has 1 nitrogen and oxygen atoms in total. The van der Waals surface area contributed by atoms with Gasteiger partial charge >= 0.3 is 0 Å². The molecule has 0 aromatic heterocycles. The van der Waals surface area contributed by atoms with Gasteiger partial charge in [-0.25, -0.2) is 0 Å². The van der Waals surface area contributed by atoms with Gasteiger partial charge in [0, 0.05) is 7.11 Å². The number of rotatable bonds is 4. The lowest BCUT2D eigenvalue weighted by Gasteiger charge is -2.31. The Morgan fingerprint density at radius 3 is 2.10 bits per heavy atom. The van der Waals surface area contributed by atoms with Crippen LogP contribution < -0.4 is 5.19 Å². The SMILES string of the molecule is CO[Si]c1cccc(C2CCCCC2)c1C1CCCCC1. The molecule has 114 valence electrons. The highest BCUT2D eigenvalue weighted by atomic mass is 28.2. The molecule has 2 radical (unpaired) electrons. The molecule has 2 fully saturated rings. The van der Waals surface area contributed by atoms with Gasteiger partial charge in [-0.3, -0.25) is 0 Å². The summed E-state index contributed by atoms with van der Waals surface area (Å²) >= 11 is 0. The molecule has 3 rings (SSSR count). The third-order valence-electron chi connectivity index (χ3n) is 5.41. The van der Waals surface area contributed by atoms with Crippen molar-refractivity contribution in [1.29, 1.82) is 0 Å². The lowest BCUT2D eigenvalue weighted by Crippen LogP contribution is -2.27. The van der Waals surface area contributed by atoms with E-state index in [9.17, 15) is 0 Å². The molecule has 0 N–H and O–H groups in total. The first kappa shape index (κ1) is 15.3. The highest BCUT2D eigenvalue weighted by Crippen LogP contribution is 2.40. The van der Waals surface area contributed by atoms with E-state index in [1.54, 1.807) is 11.1 Å². The van der Waals surface area contributed by atoms with Crippen LogP contribution in [0, 0.1) is 0 Å². The van der Waals surface area contributed by atoms with Crippen LogP contribution in [-0.4, -0.2) is 16.9 Å². The van der Waals surface area contributed by atoms with Crippen LogP contribution in [0.25, 0.3) is 0 Å². The second kappa shape index (κ2) is 7.60. The summed E-state index contributed by atoms with van der Waals surface area (Å²) in [5.74, 6) is 1.62. The lowest BCUT2D eigenvalue weighted by molar-refractivity contribution is 0.418. The van der Waals surface area contributed by atoms with Gasteiger partial charge in [0.25, 0.3) is 9.76 Å². The Balaban J connectivity index is 1.94. The maximum Gasteiger partial charge on any atom is 0.268 e. The van der Waals surface area contributed by atoms with Gasteiger partial charge in [0.05, 0.1) is 0 Å². The number of hydrogen-bond donors (Lipinski definition) is 0. The van der Waals surface area contributed by atoms with E-state index in [2.05, 4.69) is 18.2 Å². The summed E-state index contributed by atoms with van der Waals surface area (Å²) in [7, 11) is 2.36. The van der Waals surface area contributed by atoms with Crippen molar-refractivity contribution in [3.05, 3.63) is 29.3 Å². The fourth-order valence-electron chi connectivity index (χ4n) is 4.40. The summed E-state index contributed by atoms with van der Waals surface area (Å²) in [6.45, 7) is 0. The van der Waals surface area contributed by atoms with E-state index < -0.39 is 0 Å². The van der Waals surface area contributed by atoms with Crippen molar-refractivity contribution >= 4 is 14.9 Å². The Labute approximate surface area is 132 Å². The molecule has 0 unspecified atom stereocenters. The van der Waals surface area contributed by atoms with E-state index >= 15 is 0 Å². The predicted molar refractivity (Wildman–Crippen MR) is 90.5 cm³/mol. The van der Waals surface area contributed by atoms with E-state index in [-0.39, 0.29) is 0 Å². The maximum absolute atomic E-state index is 5.53. The van der Waals surface area contributed by atoms with Crippen molar-refractivity contribution in [2.45, 2.75) is 76.0 Å². The van der Waals surface area contributed by atoms with E-state index in [1.807, 2.05) is 7.11 Å². The van der Waals surface area contributed by atoms with Gasteiger partial charge < -0.3 is 4.43 Å². The Bertz CT molecular complexity index is 445. The highest BCUT2D eigenvalue weighted by molar-refractivity contribution is 6.47. The first-order valence-corrected chi connectivity index (χ1v) is 9.72. The van der Waals surface area contributed by atoms with E-state index in [1.165, 1.54) is 69.4 Å². The van der Waals surface area contributed by atoms with Gasteiger partial charge in [-0.2, -0.15) is 0 Å². The third-order valence-corrected chi connectivity index (χ3v) is 6.27. The number of hydrogen-bond acceptors (Lipinski definition) is 1. The van der Waals surface area contributed by atoms with Crippen molar-refractivity contribution in [1.82, 2.24) is 0 Å². The zero-order valence-corrected chi connectivity index (χ0v) is 14.4. The molecule has 0 heterocycles. The van der Waals surface area contributed by atoms with E-state index in [0.29, 0.717) is 9.76 Å². The summed E-state index contributed by atoms with van der Waals surface area (Å²) in [4.78, 5) is 0. The number of benzene rings is 1.